The minimum Gasteiger partial charge on any atom is -0.395 e. The molecular weight excluding hydrogens is 182 g/mol. The molecule has 1 saturated heterocycles. The number of hydrogen-bond donors (Lipinski definition) is 1. The van der Waals surface area contributed by atoms with Crippen molar-refractivity contribution in [3.8, 4) is 0 Å². The van der Waals surface area contributed by atoms with E-state index < -0.39 is 0 Å². The van der Waals surface area contributed by atoms with Gasteiger partial charge in [0.25, 0.3) is 0 Å². The first-order chi connectivity index (χ1) is 6.38. The number of hydrogen-bond acceptors (Lipinski definition) is 3. The van der Waals surface area contributed by atoms with Crippen molar-refractivity contribution in [1.82, 2.24) is 4.90 Å². The SMILES string of the molecule is CCSCCN1CCCCC1CO. The third kappa shape index (κ3) is 3.88. The van der Waals surface area contributed by atoms with Crippen molar-refractivity contribution in [2.75, 3.05) is 31.2 Å². The van der Waals surface area contributed by atoms with Gasteiger partial charge < -0.3 is 5.11 Å². The Labute approximate surface area is 85.7 Å². The Balaban J connectivity index is 2.19. The van der Waals surface area contributed by atoms with Crippen molar-refractivity contribution in [2.24, 2.45) is 0 Å². The van der Waals surface area contributed by atoms with Gasteiger partial charge in [0.2, 0.25) is 0 Å². The molecule has 0 aromatic heterocycles. The molecule has 1 aliphatic rings. The summed E-state index contributed by atoms with van der Waals surface area (Å²) in [6, 6.07) is 0.450. The smallest absolute Gasteiger partial charge is 0.0586 e. The van der Waals surface area contributed by atoms with Crippen molar-refractivity contribution >= 4 is 11.8 Å². The van der Waals surface area contributed by atoms with E-state index in [0.29, 0.717) is 12.6 Å². The average Bonchev–Trinajstić information content (AvgIpc) is 2.19. The number of likely N-dealkylation sites (tertiary alicyclic amines) is 1. The third-order valence-electron chi connectivity index (χ3n) is 2.69. The van der Waals surface area contributed by atoms with Crippen LogP contribution >= 0.6 is 11.8 Å². The van der Waals surface area contributed by atoms with Crippen molar-refractivity contribution in [1.29, 1.82) is 0 Å². The highest BCUT2D eigenvalue weighted by Gasteiger charge is 2.20. The number of piperidine rings is 1. The zero-order valence-corrected chi connectivity index (χ0v) is 9.35. The Hall–Kier alpha value is 0.270. The largest absolute Gasteiger partial charge is 0.395 e. The molecule has 2 nitrogen and oxygen atoms in total. The van der Waals surface area contributed by atoms with E-state index in [0.717, 1.165) is 6.54 Å². The Kier molecular flexibility index (Phi) is 5.83. The van der Waals surface area contributed by atoms with Gasteiger partial charge in [0.05, 0.1) is 6.61 Å². The molecule has 0 spiro atoms. The summed E-state index contributed by atoms with van der Waals surface area (Å²) in [6.45, 7) is 4.89. The number of aliphatic hydroxyl groups excluding tert-OH is 1. The molecule has 0 radical (unpaired) electrons. The fourth-order valence-electron chi connectivity index (χ4n) is 1.89. The number of rotatable bonds is 5. The minimum atomic E-state index is 0.344. The Morgan fingerprint density at radius 3 is 3.00 bits per heavy atom. The maximum atomic E-state index is 9.17. The van der Waals surface area contributed by atoms with Crippen LogP contribution in [0, 0.1) is 0 Å². The molecule has 0 aromatic carbocycles. The summed E-state index contributed by atoms with van der Waals surface area (Å²) in [4.78, 5) is 2.45. The van der Waals surface area contributed by atoms with E-state index in [1.807, 2.05) is 11.8 Å². The molecular formula is C10H21NOS. The lowest BCUT2D eigenvalue weighted by atomic mass is 10.0. The summed E-state index contributed by atoms with van der Waals surface area (Å²) in [5.74, 6) is 2.42. The van der Waals surface area contributed by atoms with Gasteiger partial charge in [0.1, 0.15) is 0 Å². The van der Waals surface area contributed by atoms with Crippen LogP contribution in [-0.2, 0) is 0 Å². The molecule has 0 aliphatic carbocycles. The predicted octanol–water partition coefficient (Wildman–Crippen LogP) is 1.59. The van der Waals surface area contributed by atoms with Crippen molar-refractivity contribution in [2.45, 2.75) is 32.2 Å². The molecule has 0 aromatic rings. The zero-order chi connectivity index (χ0) is 9.52. The zero-order valence-electron chi connectivity index (χ0n) is 8.54. The van der Waals surface area contributed by atoms with Crippen molar-refractivity contribution < 1.29 is 5.11 Å². The molecule has 1 unspecified atom stereocenters. The van der Waals surface area contributed by atoms with Crippen LogP contribution in [0.2, 0.25) is 0 Å². The van der Waals surface area contributed by atoms with Gasteiger partial charge in [0.15, 0.2) is 0 Å². The Morgan fingerprint density at radius 1 is 1.46 bits per heavy atom. The third-order valence-corrected chi connectivity index (χ3v) is 3.57. The summed E-state index contributed by atoms with van der Waals surface area (Å²) in [5, 5.41) is 9.17. The molecule has 3 heteroatoms. The van der Waals surface area contributed by atoms with Crippen LogP contribution in [0.4, 0.5) is 0 Å². The van der Waals surface area contributed by atoms with Gasteiger partial charge in [-0.3, -0.25) is 4.90 Å². The van der Waals surface area contributed by atoms with Crippen LogP contribution in [0.15, 0.2) is 0 Å². The molecule has 78 valence electrons. The quantitative estimate of drug-likeness (QED) is 0.686. The van der Waals surface area contributed by atoms with E-state index in [2.05, 4.69) is 11.8 Å². The van der Waals surface area contributed by atoms with Crippen LogP contribution in [0.5, 0.6) is 0 Å². The first-order valence-electron chi connectivity index (χ1n) is 5.31. The van der Waals surface area contributed by atoms with Crippen LogP contribution in [0.1, 0.15) is 26.2 Å². The lowest BCUT2D eigenvalue weighted by Crippen LogP contribution is -2.42. The fourth-order valence-corrected chi connectivity index (χ4v) is 2.54. The monoisotopic (exact) mass is 203 g/mol. The molecule has 1 fully saturated rings. The van der Waals surface area contributed by atoms with Crippen molar-refractivity contribution in [3.05, 3.63) is 0 Å². The van der Waals surface area contributed by atoms with E-state index in [1.54, 1.807) is 0 Å². The van der Waals surface area contributed by atoms with E-state index in [9.17, 15) is 0 Å². The highest BCUT2D eigenvalue weighted by molar-refractivity contribution is 7.99. The predicted molar refractivity (Wildman–Crippen MR) is 59.3 cm³/mol. The molecule has 1 aliphatic heterocycles. The summed E-state index contributed by atoms with van der Waals surface area (Å²) in [5.41, 5.74) is 0. The average molecular weight is 203 g/mol. The van der Waals surface area contributed by atoms with Crippen molar-refractivity contribution in [3.63, 3.8) is 0 Å². The lowest BCUT2D eigenvalue weighted by Gasteiger charge is -2.34. The molecule has 0 saturated carbocycles. The van der Waals surface area contributed by atoms with Gasteiger partial charge >= 0.3 is 0 Å². The second-order valence-corrected chi connectivity index (χ2v) is 4.96. The standard InChI is InChI=1S/C10H21NOS/c1-2-13-8-7-11-6-4-3-5-10(11)9-12/h10,12H,2-9H2,1H3. The fraction of sp³-hybridized carbons (Fsp3) is 1.00. The number of nitrogens with zero attached hydrogens (tertiary/aromatic N) is 1. The molecule has 0 bridgehead atoms. The van der Waals surface area contributed by atoms with Gasteiger partial charge in [-0.1, -0.05) is 13.3 Å². The number of aliphatic hydroxyl groups is 1. The normalized spacial score (nSPS) is 24.9. The molecule has 1 heterocycles. The van der Waals surface area contributed by atoms with Crippen LogP contribution in [0.25, 0.3) is 0 Å². The maximum Gasteiger partial charge on any atom is 0.0586 e. The highest BCUT2D eigenvalue weighted by atomic mass is 32.2. The Bertz CT molecular complexity index is 132. The lowest BCUT2D eigenvalue weighted by molar-refractivity contribution is 0.0962. The van der Waals surface area contributed by atoms with Crippen LogP contribution in [-0.4, -0.2) is 47.3 Å². The molecule has 1 atom stereocenters. The van der Waals surface area contributed by atoms with Gasteiger partial charge in [-0.05, 0) is 25.1 Å². The van der Waals surface area contributed by atoms with Gasteiger partial charge in [-0.25, -0.2) is 0 Å². The van der Waals surface area contributed by atoms with E-state index in [1.165, 1.54) is 37.3 Å². The van der Waals surface area contributed by atoms with Gasteiger partial charge in [-0.15, -0.1) is 0 Å². The molecule has 1 N–H and O–H groups in total. The Morgan fingerprint density at radius 2 is 2.31 bits per heavy atom. The first-order valence-corrected chi connectivity index (χ1v) is 6.46. The summed E-state index contributed by atoms with van der Waals surface area (Å²) in [6.07, 6.45) is 3.79. The highest BCUT2D eigenvalue weighted by Crippen LogP contribution is 2.16. The van der Waals surface area contributed by atoms with Crippen LogP contribution in [0.3, 0.4) is 0 Å². The topological polar surface area (TPSA) is 23.5 Å². The number of thioether (sulfide) groups is 1. The minimum absolute atomic E-state index is 0.344. The second kappa shape index (κ2) is 6.68. The summed E-state index contributed by atoms with van der Waals surface area (Å²) >= 11 is 1.99. The molecule has 1 rings (SSSR count). The van der Waals surface area contributed by atoms with Crippen LogP contribution < -0.4 is 0 Å². The second-order valence-electron chi connectivity index (χ2n) is 3.57. The molecule has 0 amide bonds. The summed E-state index contributed by atoms with van der Waals surface area (Å²) < 4.78 is 0. The van der Waals surface area contributed by atoms with Gasteiger partial charge in [-0.2, -0.15) is 11.8 Å². The summed E-state index contributed by atoms with van der Waals surface area (Å²) in [7, 11) is 0. The van der Waals surface area contributed by atoms with E-state index in [4.69, 9.17) is 5.11 Å². The molecule has 13 heavy (non-hydrogen) atoms. The van der Waals surface area contributed by atoms with E-state index >= 15 is 0 Å². The first kappa shape index (κ1) is 11.3. The van der Waals surface area contributed by atoms with E-state index in [-0.39, 0.29) is 0 Å². The maximum absolute atomic E-state index is 9.17. The van der Waals surface area contributed by atoms with Gasteiger partial charge in [0, 0.05) is 18.3 Å².